The van der Waals surface area contributed by atoms with Crippen molar-refractivity contribution in [2.45, 2.75) is 18.9 Å². The van der Waals surface area contributed by atoms with Gasteiger partial charge in [0, 0.05) is 18.4 Å². The van der Waals surface area contributed by atoms with Gasteiger partial charge in [-0.05, 0) is 38.1 Å². The predicted molar refractivity (Wildman–Crippen MR) is 57.6 cm³/mol. The van der Waals surface area contributed by atoms with Crippen molar-refractivity contribution in [2.75, 3.05) is 13.6 Å². The molecule has 16 heavy (non-hydrogen) atoms. The number of pyridine rings is 1. The van der Waals surface area contributed by atoms with Crippen LogP contribution >= 0.6 is 0 Å². The maximum atomic E-state index is 8.36. The Hall–Kier alpha value is -1.69. The van der Waals surface area contributed by atoms with Crippen LogP contribution in [0.4, 0.5) is 0 Å². The third kappa shape index (κ3) is 3.82. The van der Waals surface area contributed by atoms with Gasteiger partial charge in [0.05, 0.1) is 0 Å². The van der Waals surface area contributed by atoms with Gasteiger partial charge in [0.2, 0.25) is 0 Å². The molecule has 1 saturated heterocycles. The first kappa shape index (κ1) is 12.4. The van der Waals surface area contributed by atoms with Gasteiger partial charge in [-0.1, -0.05) is 6.07 Å². The normalized spacial score (nSPS) is 19.9. The molecule has 1 N–H and O–H groups in total. The van der Waals surface area contributed by atoms with Gasteiger partial charge < -0.3 is 5.21 Å². The first-order valence-corrected chi connectivity index (χ1v) is 5.04. The Bertz CT molecular complexity index is 327. The highest BCUT2D eigenvalue weighted by molar-refractivity contribution is 5.14. The second-order valence-corrected chi connectivity index (χ2v) is 3.66. The molecule has 0 aliphatic carbocycles. The van der Waals surface area contributed by atoms with Crippen molar-refractivity contribution in [1.82, 2.24) is 9.88 Å². The van der Waals surface area contributed by atoms with Crippen molar-refractivity contribution in [3.63, 3.8) is 0 Å². The summed E-state index contributed by atoms with van der Waals surface area (Å²) in [5, 5.41) is 13.6. The van der Waals surface area contributed by atoms with Gasteiger partial charge in [0.1, 0.15) is 0 Å². The molecule has 1 aromatic heterocycles. The predicted octanol–water partition coefficient (Wildman–Crippen LogP) is 1.50. The van der Waals surface area contributed by atoms with Crippen LogP contribution in [0.3, 0.4) is 0 Å². The zero-order chi connectivity index (χ0) is 12.0. The molecule has 88 valence electrons. The summed E-state index contributed by atoms with van der Waals surface area (Å²) in [6.45, 7) is 1.22. The van der Waals surface area contributed by atoms with Crippen LogP contribution in [0.5, 0.6) is 0 Å². The van der Waals surface area contributed by atoms with Gasteiger partial charge in [-0.2, -0.15) is 0 Å². The van der Waals surface area contributed by atoms with Gasteiger partial charge in [-0.3, -0.25) is 9.88 Å². The Morgan fingerprint density at radius 1 is 1.69 bits per heavy atom. The fourth-order valence-corrected chi connectivity index (χ4v) is 1.90. The Balaban J connectivity index is 0.000000280. The van der Waals surface area contributed by atoms with Gasteiger partial charge in [-0.25, -0.2) is 0 Å². The molecular weight excluding hydrogens is 210 g/mol. The van der Waals surface area contributed by atoms with E-state index < -0.39 is 5.09 Å². The van der Waals surface area contributed by atoms with Crippen molar-refractivity contribution < 1.29 is 10.3 Å². The molecule has 1 atom stereocenters. The molecule has 0 saturated carbocycles. The van der Waals surface area contributed by atoms with Crippen molar-refractivity contribution in [3.8, 4) is 0 Å². The van der Waals surface area contributed by atoms with Crippen LogP contribution in [-0.2, 0) is 0 Å². The second-order valence-electron chi connectivity index (χ2n) is 3.66. The van der Waals surface area contributed by atoms with Gasteiger partial charge in [0.25, 0.3) is 5.09 Å². The van der Waals surface area contributed by atoms with E-state index in [4.69, 9.17) is 15.3 Å². The number of hydrogen-bond acceptors (Lipinski definition) is 4. The number of likely N-dealkylation sites (tertiary alicyclic amines) is 1. The SMILES string of the molecule is CN1CCC[C@H]1c1cccnc1.O=[N+]([O-])O. The lowest BCUT2D eigenvalue weighted by molar-refractivity contribution is -0.742. The first-order valence-electron chi connectivity index (χ1n) is 5.04. The van der Waals surface area contributed by atoms with E-state index in [9.17, 15) is 0 Å². The number of aromatic nitrogens is 1. The molecule has 1 aliphatic rings. The molecule has 0 unspecified atom stereocenters. The van der Waals surface area contributed by atoms with Crippen LogP contribution in [0.15, 0.2) is 24.5 Å². The van der Waals surface area contributed by atoms with E-state index in [-0.39, 0.29) is 0 Å². The monoisotopic (exact) mass is 225 g/mol. The summed E-state index contributed by atoms with van der Waals surface area (Å²) in [7, 11) is 2.19. The minimum absolute atomic E-state index is 0.610. The highest BCUT2D eigenvalue weighted by Gasteiger charge is 2.21. The average molecular weight is 225 g/mol. The summed E-state index contributed by atoms with van der Waals surface area (Å²) in [6.07, 6.45) is 6.41. The highest BCUT2D eigenvalue weighted by atomic mass is 16.9. The van der Waals surface area contributed by atoms with E-state index in [0.717, 1.165) is 0 Å². The highest BCUT2D eigenvalue weighted by Crippen LogP contribution is 2.29. The largest absolute Gasteiger partial charge is 0.328 e. The van der Waals surface area contributed by atoms with Crippen molar-refractivity contribution in [1.29, 1.82) is 0 Å². The Morgan fingerprint density at radius 3 is 2.81 bits per heavy atom. The molecule has 6 heteroatoms. The van der Waals surface area contributed by atoms with E-state index in [2.05, 4.69) is 23.0 Å². The van der Waals surface area contributed by atoms with Crippen LogP contribution in [0.25, 0.3) is 0 Å². The van der Waals surface area contributed by atoms with Crippen LogP contribution < -0.4 is 0 Å². The van der Waals surface area contributed by atoms with Crippen LogP contribution in [-0.4, -0.2) is 33.8 Å². The third-order valence-electron chi connectivity index (χ3n) is 2.59. The molecule has 0 radical (unpaired) electrons. The fraction of sp³-hybridized carbons (Fsp3) is 0.500. The number of hydrogen-bond donors (Lipinski definition) is 1. The molecular formula is C10H15N3O3. The third-order valence-corrected chi connectivity index (χ3v) is 2.59. The summed E-state index contributed by atoms with van der Waals surface area (Å²) in [4.78, 5) is 14.9. The van der Waals surface area contributed by atoms with Crippen molar-refractivity contribution in [2.24, 2.45) is 0 Å². The minimum atomic E-state index is -1.50. The molecule has 1 aliphatic heterocycles. The maximum Gasteiger partial charge on any atom is 0.291 e. The summed E-state index contributed by atoms with van der Waals surface area (Å²) in [5.74, 6) is 0. The van der Waals surface area contributed by atoms with Crippen molar-refractivity contribution >= 4 is 0 Å². The molecule has 2 rings (SSSR count). The van der Waals surface area contributed by atoms with E-state index in [0.29, 0.717) is 6.04 Å². The number of nitrogens with zero attached hydrogens (tertiary/aromatic N) is 3. The quantitative estimate of drug-likeness (QED) is 0.578. The van der Waals surface area contributed by atoms with E-state index in [1.165, 1.54) is 24.9 Å². The average Bonchev–Trinajstić information content (AvgIpc) is 2.65. The Labute approximate surface area is 93.6 Å². The lowest BCUT2D eigenvalue weighted by Crippen LogP contribution is -2.17. The fourth-order valence-electron chi connectivity index (χ4n) is 1.90. The minimum Gasteiger partial charge on any atom is -0.328 e. The van der Waals surface area contributed by atoms with Crippen LogP contribution in [0.2, 0.25) is 0 Å². The van der Waals surface area contributed by atoms with Crippen LogP contribution in [0, 0.1) is 10.1 Å². The Kier molecular flexibility index (Phi) is 4.65. The Morgan fingerprint density at radius 2 is 2.38 bits per heavy atom. The number of rotatable bonds is 1. The smallest absolute Gasteiger partial charge is 0.291 e. The van der Waals surface area contributed by atoms with E-state index >= 15 is 0 Å². The molecule has 0 amide bonds. The molecule has 0 bridgehead atoms. The molecule has 1 fully saturated rings. The van der Waals surface area contributed by atoms with E-state index in [1.54, 1.807) is 0 Å². The summed E-state index contributed by atoms with van der Waals surface area (Å²) >= 11 is 0. The van der Waals surface area contributed by atoms with Crippen LogP contribution in [0.1, 0.15) is 24.4 Å². The zero-order valence-electron chi connectivity index (χ0n) is 9.11. The molecule has 6 nitrogen and oxygen atoms in total. The summed E-state index contributed by atoms with van der Waals surface area (Å²) < 4.78 is 0. The van der Waals surface area contributed by atoms with Gasteiger partial charge in [0.15, 0.2) is 0 Å². The molecule has 0 spiro atoms. The zero-order valence-corrected chi connectivity index (χ0v) is 9.11. The first-order chi connectivity index (χ1) is 7.61. The topological polar surface area (TPSA) is 79.5 Å². The summed E-state index contributed by atoms with van der Waals surface area (Å²) in [6, 6.07) is 4.79. The lowest BCUT2D eigenvalue weighted by Gasteiger charge is -2.18. The maximum absolute atomic E-state index is 8.36. The molecule has 2 heterocycles. The molecule has 1 aromatic rings. The second kappa shape index (κ2) is 6.02. The van der Waals surface area contributed by atoms with Gasteiger partial charge >= 0.3 is 0 Å². The lowest BCUT2D eigenvalue weighted by atomic mass is 10.1. The van der Waals surface area contributed by atoms with Crippen molar-refractivity contribution in [3.05, 3.63) is 40.2 Å². The molecule has 0 aromatic carbocycles. The van der Waals surface area contributed by atoms with E-state index in [1.807, 2.05) is 18.5 Å². The standard InChI is InChI=1S/C10H14N2.HNO3/c1-12-7-3-5-10(12)9-4-2-6-11-8-9;2-1(3)4/h2,4,6,8,10H,3,5,7H2,1H3;(H,2,3,4)/t10-;/m0./s1. The summed E-state index contributed by atoms with van der Waals surface area (Å²) in [5.41, 5.74) is 1.36. The van der Waals surface area contributed by atoms with Gasteiger partial charge in [-0.15, -0.1) is 10.1 Å².